The third kappa shape index (κ3) is 3.87. The highest BCUT2D eigenvalue weighted by Gasteiger charge is 2.21. The van der Waals surface area contributed by atoms with Crippen LogP contribution in [0.1, 0.15) is 18.4 Å². The summed E-state index contributed by atoms with van der Waals surface area (Å²) in [5.74, 6) is 0. The molecular weight excluding hydrogens is 252 g/mol. The van der Waals surface area contributed by atoms with E-state index in [0.717, 1.165) is 32.5 Å². The first-order valence-corrected chi connectivity index (χ1v) is 7.10. The van der Waals surface area contributed by atoms with E-state index in [1.165, 1.54) is 11.3 Å². The zero-order valence-corrected chi connectivity index (χ0v) is 12.3. The topological polar surface area (TPSA) is 61.6 Å². The number of primary amides is 1. The molecule has 0 bridgehead atoms. The molecule has 0 atom stereocenters. The number of nitrogens with one attached hydrogen (secondary N) is 1. The van der Waals surface area contributed by atoms with E-state index in [0.29, 0.717) is 6.04 Å². The number of nitrogens with two attached hydrogens (primary N) is 1. The second kappa shape index (κ2) is 6.61. The number of anilines is 1. The van der Waals surface area contributed by atoms with Crippen LogP contribution < -0.4 is 11.1 Å². The summed E-state index contributed by atoms with van der Waals surface area (Å²) in [5.41, 5.74) is 7.80. The molecule has 0 saturated carbocycles. The third-order valence-electron chi connectivity index (χ3n) is 3.67. The zero-order valence-electron chi connectivity index (χ0n) is 12.3. The van der Waals surface area contributed by atoms with Crippen molar-refractivity contribution in [2.24, 2.45) is 5.73 Å². The summed E-state index contributed by atoms with van der Waals surface area (Å²) < 4.78 is 0. The highest BCUT2D eigenvalue weighted by molar-refractivity contribution is 5.72. The molecule has 1 heterocycles. The predicted molar refractivity (Wildman–Crippen MR) is 81.6 cm³/mol. The fourth-order valence-electron chi connectivity index (χ4n) is 2.60. The highest BCUT2D eigenvalue weighted by atomic mass is 16.2. The van der Waals surface area contributed by atoms with Gasteiger partial charge in [-0.25, -0.2) is 4.79 Å². The molecule has 5 heteroatoms. The predicted octanol–water partition coefficient (Wildman–Crippen LogP) is 1.70. The molecule has 0 unspecified atom stereocenters. The quantitative estimate of drug-likeness (QED) is 0.880. The maximum atomic E-state index is 11.1. The van der Waals surface area contributed by atoms with E-state index < -0.39 is 0 Å². The van der Waals surface area contributed by atoms with Crippen LogP contribution in [0.2, 0.25) is 0 Å². The van der Waals surface area contributed by atoms with Crippen molar-refractivity contribution in [3.05, 3.63) is 29.8 Å². The van der Waals surface area contributed by atoms with Crippen LogP contribution in [0, 0.1) is 0 Å². The van der Waals surface area contributed by atoms with E-state index in [1.54, 1.807) is 4.90 Å². The Bertz CT molecular complexity index is 453. The van der Waals surface area contributed by atoms with Crippen LogP contribution in [-0.2, 0) is 6.54 Å². The molecule has 20 heavy (non-hydrogen) atoms. The van der Waals surface area contributed by atoms with Crippen LogP contribution in [0.25, 0.3) is 0 Å². The summed E-state index contributed by atoms with van der Waals surface area (Å²) in [7, 11) is 4.14. The lowest BCUT2D eigenvalue weighted by atomic mass is 10.0. The Morgan fingerprint density at radius 3 is 2.60 bits per heavy atom. The maximum Gasteiger partial charge on any atom is 0.314 e. The second-order valence-corrected chi connectivity index (χ2v) is 5.64. The van der Waals surface area contributed by atoms with Gasteiger partial charge in [-0.05, 0) is 38.6 Å². The Kier molecular flexibility index (Phi) is 4.84. The number of carbonyl (C=O) groups excluding carboxylic acids is 1. The second-order valence-electron chi connectivity index (χ2n) is 5.64. The summed E-state index contributed by atoms with van der Waals surface area (Å²) in [4.78, 5) is 15.0. The Balaban J connectivity index is 1.96. The van der Waals surface area contributed by atoms with Crippen molar-refractivity contribution in [3.8, 4) is 0 Å². The molecule has 1 aromatic rings. The van der Waals surface area contributed by atoms with Crippen molar-refractivity contribution in [1.82, 2.24) is 9.80 Å². The number of amides is 2. The largest absolute Gasteiger partial charge is 0.382 e. The van der Waals surface area contributed by atoms with Gasteiger partial charge in [0, 0.05) is 31.4 Å². The first kappa shape index (κ1) is 14.7. The molecule has 1 fully saturated rings. The van der Waals surface area contributed by atoms with Gasteiger partial charge in [0.15, 0.2) is 0 Å². The average Bonchev–Trinajstić information content (AvgIpc) is 2.41. The monoisotopic (exact) mass is 276 g/mol. The molecule has 2 amide bonds. The van der Waals surface area contributed by atoms with Crippen LogP contribution in [0.5, 0.6) is 0 Å². The van der Waals surface area contributed by atoms with Gasteiger partial charge in [0.25, 0.3) is 0 Å². The summed E-state index contributed by atoms with van der Waals surface area (Å²) in [6.45, 7) is 2.40. The fraction of sp³-hybridized carbons (Fsp3) is 0.533. The summed E-state index contributed by atoms with van der Waals surface area (Å²) >= 11 is 0. The van der Waals surface area contributed by atoms with Gasteiger partial charge in [-0.15, -0.1) is 0 Å². The van der Waals surface area contributed by atoms with Crippen LogP contribution in [0.15, 0.2) is 24.3 Å². The van der Waals surface area contributed by atoms with E-state index in [1.807, 2.05) is 0 Å². The fourth-order valence-corrected chi connectivity index (χ4v) is 2.60. The SMILES string of the molecule is CN(C)Cc1ccccc1NC1CCN(C(N)=O)CC1. The summed E-state index contributed by atoms with van der Waals surface area (Å²) in [6, 6.07) is 8.50. The van der Waals surface area contributed by atoms with E-state index in [-0.39, 0.29) is 6.03 Å². The van der Waals surface area contributed by atoms with Gasteiger partial charge in [0.1, 0.15) is 0 Å². The van der Waals surface area contributed by atoms with Crippen molar-refractivity contribution in [2.45, 2.75) is 25.4 Å². The molecule has 3 N–H and O–H groups in total. The molecular formula is C15H24N4O. The molecule has 0 radical (unpaired) electrons. The first-order valence-electron chi connectivity index (χ1n) is 7.10. The van der Waals surface area contributed by atoms with E-state index in [9.17, 15) is 4.79 Å². The molecule has 0 aliphatic carbocycles. The minimum absolute atomic E-state index is 0.309. The number of hydrogen-bond acceptors (Lipinski definition) is 3. The molecule has 1 aliphatic heterocycles. The van der Waals surface area contributed by atoms with E-state index >= 15 is 0 Å². The standard InChI is InChI=1S/C15H24N4O/c1-18(2)11-12-5-3-4-6-14(12)17-13-7-9-19(10-8-13)15(16)20/h3-6,13,17H,7-11H2,1-2H3,(H2,16,20). The van der Waals surface area contributed by atoms with Crippen LogP contribution in [-0.4, -0.2) is 49.1 Å². The van der Waals surface area contributed by atoms with Gasteiger partial charge in [-0.1, -0.05) is 18.2 Å². The van der Waals surface area contributed by atoms with Crippen molar-refractivity contribution in [1.29, 1.82) is 0 Å². The average molecular weight is 276 g/mol. The highest BCUT2D eigenvalue weighted by Crippen LogP contribution is 2.21. The van der Waals surface area contributed by atoms with Crippen molar-refractivity contribution in [3.63, 3.8) is 0 Å². The Morgan fingerprint density at radius 2 is 2.00 bits per heavy atom. The first-order chi connectivity index (χ1) is 9.56. The Morgan fingerprint density at radius 1 is 1.35 bits per heavy atom. The number of carbonyl (C=O) groups is 1. The lowest BCUT2D eigenvalue weighted by molar-refractivity contribution is 0.193. The smallest absolute Gasteiger partial charge is 0.314 e. The van der Waals surface area contributed by atoms with Gasteiger partial charge >= 0.3 is 6.03 Å². The number of benzene rings is 1. The van der Waals surface area contributed by atoms with Crippen LogP contribution in [0.4, 0.5) is 10.5 Å². The van der Waals surface area contributed by atoms with E-state index in [2.05, 4.69) is 48.6 Å². The minimum atomic E-state index is -0.309. The van der Waals surface area contributed by atoms with Crippen LogP contribution >= 0.6 is 0 Å². The maximum absolute atomic E-state index is 11.1. The number of nitrogens with zero attached hydrogens (tertiary/aromatic N) is 2. The van der Waals surface area contributed by atoms with Gasteiger partial charge in [0.2, 0.25) is 0 Å². The van der Waals surface area contributed by atoms with Crippen molar-refractivity contribution in [2.75, 3.05) is 32.5 Å². The summed E-state index contributed by atoms with van der Waals surface area (Å²) in [5, 5.41) is 3.61. The molecule has 1 aromatic carbocycles. The molecule has 0 spiro atoms. The molecule has 1 aliphatic rings. The molecule has 1 saturated heterocycles. The molecule has 2 rings (SSSR count). The van der Waals surface area contributed by atoms with Gasteiger partial charge in [-0.3, -0.25) is 0 Å². The number of likely N-dealkylation sites (tertiary alicyclic amines) is 1. The Hall–Kier alpha value is -1.75. The Labute approximate surface area is 120 Å². The normalized spacial score (nSPS) is 16.4. The van der Waals surface area contributed by atoms with Gasteiger partial charge < -0.3 is 20.9 Å². The molecule has 5 nitrogen and oxygen atoms in total. The number of urea groups is 1. The molecule has 110 valence electrons. The zero-order chi connectivity index (χ0) is 14.5. The van der Waals surface area contributed by atoms with Crippen LogP contribution in [0.3, 0.4) is 0 Å². The number of para-hydroxylation sites is 1. The number of piperidine rings is 1. The lowest BCUT2D eigenvalue weighted by Crippen LogP contribution is -2.44. The van der Waals surface area contributed by atoms with Crippen molar-refractivity contribution >= 4 is 11.7 Å². The van der Waals surface area contributed by atoms with Gasteiger partial charge in [0.05, 0.1) is 0 Å². The third-order valence-corrected chi connectivity index (χ3v) is 3.67. The van der Waals surface area contributed by atoms with Gasteiger partial charge in [-0.2, -0.15) is 0 Å². The van der Waals surface area contributed by atoms with Crippen molar-refractivity contribution < 1.29 is 4.79 Å². The number of rotatable bonds is 4. The number of hydrogen-bond donors (Lipinski definition) is 2. The summed E-state index contributed by atoms with van der Waals surface area (Å²) in [6.07, 6.45) is 1.89. The lowest BCUT2D eigenvalue weighted by Gasteiger charge is -2.32. The van der Waals surface area contributed by atoms with E-state index in [4.69, 9.17) is 5.73 Å². The minimum Gasteiger partial charge on any atom is -0.382 e. The molecule has 0 aromatic heterocycles.